The number of hydrogen-bond acceptors (Lipinski definition) is 5. The fourth-order valence-electron chi connectivity index (χ4n) is 2.22. The van der Waals surface area contributed by atoms with E-state index in [1.165, 1.54) is 4.68 Å². The summed E-state index contributed by atoms with van der Waals surface area (Å²) in [6.45, 7) is 2.14. The minimum atomic E-state index is -0.323. The number of nitrogens with zero attached hydrogens (tertiary/aromatic N) is 2. The predicted molar refractivity (Wildman–Crippen MR) is 83.3 cm³/mol. The summed E-state index contributed by atoms with van der Waals surface area (Å²) in [5.41, 5.74) is 1.37. The highest BCUT2D eigenvalue weighted by Crippen LogP contribution is 2.32. The minimum Gasteiger partial charge on any atom is -0.497 e. The highest BCUT2D eigenvalue weighted by Gasteiger charge is 2.13. The van der Waals surface area contributed by atoms with Crippen molar-refractivity contribution in [1.82, 2.24) is 9.78 Å². The lowest BCUT2D eigenvalue weighted by molar-refractivity contribution is 0.278. The molecule has 0 aliphatic rings. The van der Waals surface area contributed by atoms with E-state index in [-0.39, 0.29) is 12.2 Å². The number of aliphatic hydroxyl groups is 1. The first kappa shape index (κ1) is 16.0. The van der Waals surface area contributed by atoms with Gasteiger partial charge in [0.1, 0.15) is 11.5 Å². The van der Waals surface area contributed by atoms with Crippen LogP contribution in [-0.4, -0.2) is 29.1 Å². The minimum absolute atomic E-state index is 0.263. The number of aryl methyl sites for hydroxylation is 1. The highest BCUT2D eigenvalue weighted by molar-refractivity contribution is 5.68. The topological polar surface area (TPSA) is 73.6 Å². The van der Waals surface area contributed by atoms with Gasteiger partial charge in [0.25, 0.3) is 5.56 Å². The number of rotatable bonds is 6. The van der Waals surface area contributed by atoms with E-state index in [9.17, 15) is 9.90 Å². The lowest BCUT2D eigenvalue weighted by atomic mass is 10.1. The Morgan fingerprint density at radius 2 is 2.00 bits per heavy atom. The van der Waals surface area contributed by atoms with Gasteiger partial charge >= 0.3 is 0 Å². The van der Waals surface area contributed by atoms with E-state index in [4.69, 9.17) is 9.47 Å². The molecule has 6 heteroatoms. The number of aliphatic hydroxyl groups excluding tert-OH is 1. The summed E-state index contributed by atoms with van der Waals surface area (Å²) in [7, 11) is 3.14. The van der Waals surface area contributed by atoms with E-state index in [1.807, 2.05) is 13.0 Å². The van der Waals surface area contributed by atoms with Crippen LogP contribution in [0.5, 0.6) is 11.5 Å². The van der Waals surface area contributed by atoms with Gasteiger partial charge in [-0.05, 0) is 24.6 Å². The van der Waals surface area contributed by atoms with Gasteiger partial charge in [-0.15, -0.1) is 0 Å². The van der Waals surface area contributed by atoms with Gasteiger partial charge in [-0.1, -0.05) is 6.92 Å². The van der Waals surface area contributed by atoms with Crippen molar-refractivity contribution in [3.63, 3.8) is 0 Å². The molecule has 0 saturated carbocycles. The van der Waals surface area contributed by atoms with Crippen LogP contribution in [0.4, 0.5) is 0 Å². The van der Waals surface area contributed by atoms with E-state index >= 15 is 0 Å². The van der Waals surface area contributed by atoms with Crippen LogP contribution in [-0.2, 0) is 13.2 Å². The van der Waals surface area contributed by atoms with E-state index in [2.05, 4.69) is 5.10 Å². The van der Waals surface area contributed by atoms with Gasteiger partial charge in [0.2, 0.25) is 0 Å². The van der Waals surface area contributed by atoms with Crippen LogP contribution in [0.2, 0.25) is 0 Å². The van der Waals surface area contributed by atoms with Gasteiger partial charge < -0.3 is 14.6 Å². The van der Waals surface area contributed by atoms with Crippen LogP contribution in [0, 0.1) is 0 Å². The Hall–Kier alpha value is -2.34. The molecule has 2 rings (SSSR count). The van der Waals surface area contributed by atoms with Crippen molar-refractivity contribution in [2.24, 2.45) is 0 Å². The molecule has 0 aliphatic heterocycles. The molecule has 0 amide bonds. The summed E-state index contributed by atoms with van der Waals surface area (Å²) in [5.74, 6) is 1.27. The molecule has 0 bridgehead atoms. The van der Waals surface area contributed by atoms with Crippen LogP contribution in [0.1, 0.15) is 18.9 Å². The van der Waals surface area contributed by atoms with Crippen molar-refractivity contribution < 1.29 is 14.6 Å². The molecule has 0 radical (unpaired) electrons. The Balaban J connectivity index is 2.61. The van der Waals surface area contributed by atoms with Gasteiger partial charge in [-0.3, -0.25) is 4.79 Å². The van der Waals surface area contributed by atoms with Crippen LogP contribution in [0.3, 0.4) is 0 Å². The van der Waals surface area contributed by atoms with E-state index in [0.717, 1.165) is 12.0 Å². The number of benzene rings is 1. The van der Waals surface area contributed by atoms with Gasteiger partial charge in [0.05, 0.1) is 26.5 Å². The molecule has 2 aromatic rings. The zero-order chi connectivity index (χ0) is 16.1. The third-order valence-electron chi connectivity index (χ3n) is 3.34. The molecule has 0 aliphatic carbocycles. The molecule has 0 unspecified atom stereocenters. The molecule has 118 valence electrons. The fourth-order valence-corrected chi connectivity index (χ4v) is 2.22. The Labute approximate surface area is 128 Å². The summed E-state index contributed by atoms with van der Waals surface area (Å²) in [6, 6.07) is 6.97. The Morgan fingerprint density at radius 1 is 1.23 bits per heavy atom. The molecule has 6 nitrogen and oxygen atoms in total. The molecule has 22 heavy (non-hydrogen) atoms. The first-order valence-corrected chi connectivity index (χ1v) is 7.08. The molecule has 1 N–H and O–H groups in total. The zero-order valence-corrected chi connectivity index (χ0v) is 13.0. The first-order chi connectivity index (χ1) is 10.6. The molecule has 1 heterocycles. The van der Waals surface area contributed by atoms with Crippen molar-refractivity contribution in [1.29, 1.82) is 0 Å². The zero-order valence-electron chi connectivity index (χ0n) is 13.0. The van der Waals surface area contributed by atoms with Crippen LogP contribution < -0.4 is 15.0 Å². The average molecular weight is 304 g/mol. The van der Waals surface area contributed by atoms with Crippen LogP contribution in [0.15, 0.2) is 29.1 Å². The SMILES string of the molecule is CCCn1nc(-c2ccc(OC)cc2OC)cc(CO)c1=O. The van der Waals surface area contributed by atoms with Gasteiger partial charge in [0.15, 0.2) is 0 Å². The smallest absolute Gasteiger partial charge is 0.272 e. The lowest BCUT2D eigenvalue weighted by Crippen LogP contribution is -2.26. The first-order valence-electron chi connectivity index (χ1n) is 7.08. The molecule has 0 fully saturated rings. The number of methoxy groups -OCH3 is 2. The van der Waals surface area contributed by atoms with Crippen molar-refractivity contribution in [3.05, 3.63) is 40.2 Å². The molecule has 0 spiro atoms. The standard InChI is InChI=1S/C16H20N2O4/c1-4-7-18-16(20)11(10-19)8-14(17-18)13-6-5-12(21-2)9-15(13)22-3/h5-6,8-9,19H,4,7,10H2,1-3H3. The third kappa shape index (κ3) is 3.12. The molecule has 0 saturated heterocycles. The van der Waals surface area contributed by atoms with Crippen LogP contribution >= 0.6 is 0 Å². The van der Waals surface area contributed by atoms with Crippen molar-refractivity contribution in [3.8, 4) is 22.8 Å². The molecule has 1 aromatic carbocycles. The summed E-state index contributed by atoms with van der Waals surface area (Å²) < 4.78 is 11.9. The average Bonchev–Trinajstić information content (AvgIpc) is 2.56. The molecular formula is C16H20N2O4. The van der Waals surface area contributed by atoms with Crippen molar-refractivity contribution >= 4 is 0 Å². The summed E-state index contributed by atoms with van der Waals surface area (Å²) in [4.78, 5) is 12.1. The fraction of sp³-hybridized carbons (Fsp3) is 0.375. The monoisotopic (exact) mass is 304 g/mol. The maximum atomic E-state index is 12.1. The number of hydrogen-bond donors (Lipinski definition) is 1. The second-order valence-electron chi connectivity index (χ2n) is 4.81. The molecular weight excluding hydrogens is 284 g/mol. The maximum absolute atomic E-state index is 12.1. The third-order valence-corrected chi connectivity index (χ3v) is 3.34. The number of aromatic nitrogens is 2. The highest BCUT2D eigenvalue weighted by atomic mass is 16.5. The predicted octanol–water partition coefficient (Wildman–Crippen LogP) is 1.83. The Kier molecular flexibility index (Phi) is 5.16. The second-order valence-corrected chi connectivity index (χ2v) is 4.81. The van der Waals surface area contributed by atoms with E-state index < -0.39 is 0 Å². The van der Waals surface area contributed by atoms with E-state index in [1.54, 1.807) is 32.4 Å². The molecule has 1 aromatic heterocycles. The van der Waals surface area contributed by atoms with Gasteiger partial charge in [-0.2, -0.15) is 5.10 Å². The lowest BCUT2D eigenvalue weighted by Gasteiger charge is -2.12. The van der Waals surface area contributed by atoms with Crippen molar-refractivity contribution in [2.45, 2.75) is 26.5 Å². The van der Waals surface area contributed by atoms with E-state index in [0.29, 0.717) is 29.3 Å². The second kappa shape index (κ2) is 7.09. The Morgan fingerprint density at radius 3 is 2.59 bits per heavy atom. The van der Waals surface area contributed by atoms with Gasteiger partial charge in [0, 0.05) is 23.7 Å². The molecule has 0 atom stereocenters. The number of ether oxygens (including phenoxy) is 2. The normalized spacial score (nSPS) is 10.5. The maximum Gasteiger partial charge on any atom is 0.272 e. The van der Waals surface area contributed by atoms with Crippen molar-refractivity contribution in [2.75, 3.05) is 14.2 Å². The Bertz CT molecular complexity index is 710. The quantitative estimate of drug-likeness (QED) is 0.881. The van der Waals surface area contributed by atoms with Gasteiger partial charge in [-0.25, -0.2) is 4.68 Å². The largest absolute Gasteiger partial charge is 0.497 e. The van der Waals surface area contributed by atoms with Crippen LogP contribution in [0.25, 0.3) is 11.3 Å². The summed E-state index contributed by atoms with van der Waals surface area (Å²) in [5, 5.41) is 13.8. The summed E-state index contributed by atoms with van der Waals surface area (Å²) >= 11 is 0. The summed E-state index contributed by atoms with van der Waals surface area (Å²) in [6.07, 6.45) is 0.779.